The fourth-order valence-electron chi connectivity index (χ4n) is 18.2. The number of para-hydroxylation sites is 2. The first-order chi connectivity index (χ1) is 62.6. The molecule has 10 aromatic carbocycles. The summed E-state index contributed by atoms with van der Waals surface area (Å²) in [5.41, 5.74) is 29.1. The summed E-state index contributed by atoms with van der Waals surface area (Å²) in [4.78, 5) is 64.2. The molecule has 6 aliphatic rings. The summed E-state index contributed by atoms with van der Waals surface area (Å²) < 4.78 is 10.5. The van der Waals surface area contributed by atoms with E-state index < -0.39 is 5.97 Å². The van der Waals surface area contributed by atoms with Crippen molar-refractivity contribution >= 4 is 120 Å². The Labute approximate surface area is 822 Å². The number of carbonyl (C=O) groups excluding carboxylic acids is 3. The fraction of sp³-hybridized carbons (Fsp3) is 0.383. The van der Waals surface area contributed by atoms with E-state index in [0.29, 0.717) is 59.1 Å². The van der Waals surface area contributed by atoms with Crippen LogP contribution in [0.2, 0.25) is 20.1 Å². The smallest absolute Gasteiger partial charge is 0.870 e. The van der Waals surface area contributed by atoms with E-state index in [1.54, 1.807) is 6.07 Å². The Morgan fingerprint density at radius 3 is 1.05 bits per heavy atom. The largest absolute Gasteiger partial charge is 1.00 e. The van der Waals surface area contributed by atoms with Gasteiger partial charge in [-0.3, -0.25) is 4.79 Å². The van der Waals surface area contributed by atoms with Crippen molar-refractivity contribution in [1.82, 2.24) is 10.2 Å². The van der Waals surface area contributed by atoms with Crippen molar-refractivity contribution in [1.29, 1.82) is 10.5 Å². The minimum Gasteiger partial charge on any atom is -0.870 e. The van der Waals surface area contributed by atoms with E-state index in [1.807, 2.05) is 185 Å². The normalized spacial score (nSPS) is 15.3. The predicted octanol–water partition coefficient (Wildman–Crippen LogP) is 19.5. The van der Waals surface area contributed by atoms with Gasteiger partial charge in [0, 0.05) is 164 Å². The molecule has 1 amide bonds. The van der Waals surface area contributed by atoms with Crippen LogP contribution < -0.4 is 59.3 Å². The molecule has 692 valence electrons. The Kier molecular flexibility index (Phi) is 41.6. The number of esters is 2. The molecule has 0 radical (unpaired) electrons. The van der Waals surface area contributed by atoms with Gasteiger partial charge in [0.05, 0.1) is 53.4 Å². The Balaban J connectivity index is 0.000000186. The van der Waals surface area contributed by atoms with Gasteiger partial charge in [-0.15, -0.1) is 0 Å². The van der Waals surface area contributed by atoms with Crippen LogP contribution in [0.3, 0.4) is 0 Å². The number of amides is 1. The maximum atomic E-state index is 13.6. The van der Waals surface area contributed by atoms with Gasteiger partial charge in [0.1, 0.15) is 12.1 Å². The predicted molar refractivity (Wildman–Crippen MR) is 540 cm³/mol. The molecule has 0 spiro atoms. The molecule has 0 atom stereocenters. The number of ether oxygens (including phenoxy) is 2. The molecule has 0 bridgehead atoms. The number of carboxylic acids is 1. The zero-order valence-corrected chi connectivity index (χ0v) is 82.8. The van der Waals surface area contributed by atoms with Gasteiger partial charge in [0.25, 0.3) is 5.91 Å². The van der Waals surface area contributed by atoms with E-state index >= 15 is 0 Å². The topological polar surface area (TPSA) is 245 Å². The maximum Gasteiger partial charge on any atom is 1.00 e. The van der Waals surface area contributed by atoms with E-state index in [9.17, 15) is 29.5 Å². The van der Waals surface area contributed by atoms with Crippen molar-refractivity contribution in [3.63, 3.8) is 0 Å². The molecule has 6 fully saturated rings. The number of benzene rings is 10. The van der Waals surface area contributed by atoms with Crippen molar-refractivity contribution in [3.05, 3.63) is 313 Å². The number of piperidine rings is 4. The summed E-state index contributed by atoms with van der Waals surface area (Å²) in [6.45, 7) is 31.1. The number of hydrogen-bond donors (Lipinski definition) is 3. The molecule has 0 unspecified atom stereocenters. The first-order valence-electron chi connectivity index (χ1n) is 45.3. The molecule has 16 rings (SSSR count). The molecule has 0 aliphatic carbocycles. The van der Waals surface area contributed by atoms with E-state index in [2.05, 4.69) is 131 Å². The summed E-state index contributed by atoms with van der Waals surface area (Å²) in [6.07, 6.45) is 11.9. The standard InChI is InChI=1S/C32H35ClN4O.C22H26ClNO2.C21H24ClNO2.C11H15ClN2.C11H13N3.C10H11BrO2.Li.H2O/c1-23-18-24(2)30(32(38)37-16-14-36(15-17-37)31-9-4-3-6-26(31)22-34)20-27(23)19-25-10-12-35(13-11-25)29-8-5-7-28(33)21-29;1-15-11-16(2)21(22(25)26-3)13-18(15)12-17-7-9-24(10-8-17)20-6-4-5-19(23)14-20;1-14-10-15(2)20(21(24)25)12-17(14)11-16-6-8-23(9-7-16)19-5-3-4-18(22)13-19;12-9-2-1-3-11(8-9)14-6-4-10(13)5-7-14;12-9-10-3-1-2-4-11(10)14-7-5-13-6-8-14;1-6-4-7(2)9(11)5-8(6)10(12)13-3;;/h3-9,18,20-21,25H,10-17,19H2,1-2H3;4-6,11,13-14,17H,7-10,12H2,1-3H3;3-5,10,12-13,16H,6-9,11H2,1-2H3,(H,24,25);1-3,8,10H,4-7,13H2;1-4,13H,5-8H2;4-5H,1-3H3;;1H2/q;;;;;;+1;/p-1. The number of methoxy groups -OCH3 is 2. The summed E-state index contributed by atoms with van der Waals surface area (Å²) in [5, 5.41) is 34.2. The van der Waals surface area contributed by atoms with Gasteiger partial charge in [0.15, 0.2) is 0 Å². The van der Waals surface area contributed by atoms with E-state index in [-0.39, 0.29) is 42.2 Å². The van der Waals surface area contributed by atoms with Crippen LogP contribution in [0.1, 0.15) is 165 Å². The number of nitrogens with one attached hydrogen (secondary N) is 1. The van der Waals surface area contributed by atoms with Crippen molar-refractivity contribution in [2.75, 3.05) is 148 Å². The van der Waals surface area contributed by atoms with Crippen molar-refractivity contribution in [3.8, 4) is 12.1 Å². The number of aromatic carboxylic acids is 1. The maximum absolute atomic E-state index is 13.6. The van der Waals surface area contributed by atoms with Crippen LogP contribution in [0.5, 0.6) is 0 Å². The van der Waals surface area contributed by atoms with Gasteiger partial charge in [-0.25, -0.2) is 14.4 Å². The molecule has 25 heteroatoms. The summed E-state index contributed by atoms with van der Waals surface area (Å²) in [6, 6.07) is 68.7. The van der Waals surface area contributed by atoms with Gasteiger partial charge in [-0.05, 0) is 326 Å². The molecule has 6 heterocycles. The number of carboxylic acid groups (broad SMARTS) is 1. The van der Waals surface area contributed by atoms with E-state index in [1.165, 1.54) is 70.3 Å². The third-order valence-electron chi connectivity index (χ3n) is 25.8. The first-order valence-corrected chi connectivity index (χ1v) is 47.6. The van der Waals surface area contributed by atoms with Crippen LogP contribution in [0.15, 0.2) is 199 Å². The minimum atomic E-state index is -0.838. The quantitative estimate of drug-likeness (QED) is 0.0601. The Bertz CT molecular complexity index is 5610. The molecule has 0 aromatic heterocycles. The number of rotatable bonds is 16. The molecule has 6 saturated heterocycles. The molecular formula is C107H125BrCl4LiN11O8. The second-order valence-electron chi connectivity index (χ2n) is 34.9. The van der Waals surface area contributed by atoms with Gasteiger partial charge in [0.2, 0.25) is 0 Å². The first kappa shape index (κ1) is 106. The number of anilines is 6. The number of carbonyl (C=O) groups is 4. The van der Waals surface area contributed by atoms with Crippen LogP contribution >= 0.6 is 62.3 Å². The monoisotopic (exact) mass is 1920 g/mol. The number of aryl methyl sites for hydroxylation is 8. The molecule has 10 aromatic rings. The number of hydrogen-bond acceptors (Lipinski definition) is 17. The number of piperazine rings is 2. The molecular weight excluding hydrogens is 1800 g/mol. The average Bonchev–Trinajstić information content (AvgIpc) is 0.812. The second-order valence-corrected chi connectivity index (χ2v) is 37.5. The summed E-state index contributed by atoms with van der Waals surface area (Å²) in [5.74, 6) is 0.578. The zero-order valence-electron chi connectivity index (χ0n) is 78.2. The van der Waals surface area contributed by atoms with E-state index in [0.717, 1.165) is 237 Å². The van der Waals surface area contributed by atoms with Crippen molar-refractivity contribution < 1.29 is 58.1 Å². The van der Waals surface area contributed by atoms with E-state index in [4.69, 9.17) is 62.1 Å². The number of halogens is 5. The summed E-state index contributed by atoms with van der Waals surface area (Å²) >= 11 is 27.7. The number of nitrogens with zero attached hydrogens (tertiary/aromatic N) is 9. The van der Waals surface area contributed by atoms with Gasteiger partial charge in [-0.2, -0.15) is 10.5 Å². The number of nitrogens with two attached hydrogens (primary N) is 1. The molecule has 132 heavy (non-hydrogen) atoms. The van der Waals surface area contributed by atoms with Gasteiger partial charge >= 0.3 is 36.8 Å². The van der Waals surface area contributed by atoms with Crippen molar-refractivity contribution in [2.24, 2.45) is 23.5 Å². The molecule has 19 nitrogen and oxygen atoms in total. The fourth-order valence-corrected chi connectivity index (χ4v) is 19.3. The second kappa shape index (κ2) is 52.0. The zero-order chi connectivity index (χ0) is 93.1. The molecule has 0 saturated carbocycles. The molecule has 6 aliphatic heterocycles. The SMILES string of the molecule is COC(=O)c1cc(Br)c(C)cc1C.COC(=O)c1cc(CC2CCN(c3cccc(Cl)c3)CC2)c(C)cc1C.Cc1cc(C)c(C(=O)N2CCN(c3ccccc3C#N)CC2)cc1CC1CCN(c2cccc(Cl)c2)CC1.Cc1cc(C)c(C(=O)O)cc1CC1CCN(c2cccc(Cl)c2)CC1.N#Cc1ccccc1N1CCNCC1.NC1CCN(c2cccc(Cl)c2)CC1.[Li+].[OH-]. The number of nitriles is 2. The third kappa shape index (κ3) is 30.0. The molecule has 5 N–H and O–H groups in total. The average molecular weight is 1920 g/mol. The third-order valence-corrected chi connectivity index (χ3v) is 27.6. The Morgan fingerprint density at radius 2 is 0.705 bits per heavy atom. The van der Waals surface area contributed by atoms with Gasteiger partial charge < -0.3 is 65.4 Å². The van der Waals surface area contributed by atoms with Crippen LogP contribution in [-0.2, 0) is 28.7 Å². The van der Waals surface area contributed by atoms with Crippen LogP contribution in [0.4, 0.5) is 34.1 Å². The van der Waals surface area contributed by atoms with Crippen LogP contribution in [0.25, 0.3) is 0 Å². The van der Waals surface area contributed by atoms with Crippen molar-refractivity contribution in [2.45, 2.75) is 132 Å². The Hall–Kier alpha value is -10.0. The van der Waals surface area contributed by atoms with Gasteiger partial charge in [-0.1, -0.05) is 135 Å². The minimum absolute atomic E-state index is 0. The Morgan fingerprint density at radius 1 is 0.394 bits per heavy atom. The van der Waals surface area contributed by atoms with Crippen LogP contribution in [0, 0.1) is 95.8 Å². The summed E-state index contributed by atoms with van der Waals surface area (Å²) in [7, 11) is 2.82. The van der Waals surface area contributed by atoms with Crippen LogP contribution in [-0.4, -0.2) is 164 Å².